The number of nitrogens with zero attached hydrogens (tertiary/aromatic N) is 1. The minimum Gasteiger partial charge on any atom is -0.480 e. The predicted octanol–water partition coefficient (Wildman–Crippen LogP) is 2.85. The average molecular weight is 262 g/mol. The Balaban J connectivity index is 3.33. The van der Waals surface area contributed by atoms with Crippen LogP contribution in [0.2, 0.25) is 10.0 Å². The number of hydrogen-bond donors (Lipinski definition) is 1. The van der Waals surface area contributed by atoms with Crippen molar-refractivity contribution in [2.45, 2.75) is 12.5 Å². The lowest BCUT2D eigenvalue weighted by atomic mass is 9.91. The molecule has 0 aliphatic rings. The standard InChI is InChI=1S/C11H13Cl2NO2/c1-11(10(15)16,14(2)3)7-4-5-8(12)9(13)6-7/h4-6H,1-3H3,(H,15,16). The molecule has 88 valence electrons. The molecule has 1 rings (SSSR count). The molecule has 3 nitrogen and oxygen atoms in total. The highest BCUT2D eigenvalue weighted by Gasteiger charge is 2.37. The Morgan fingerprint density at radius 1 is 1.31 bits per heavy atom. The van der Waals surface area contributed by atoms with Crippen LogP contribution >= 0.6 is 23.2 Å². The summed E-state index contributed by atoms with van der Waals surface area (Å²) in [5.41, 5.74) is -0.520. The Morgan fingerprint density at radius 2 is 1.88 bits per heavy atom. The molecule has 5 heteroatoms. The molecule has 0 bridgehead atoms. The lowest BCUT2D eigenvalue weighted by molar-refractivity contribution is -0.149. The van der Waals surface area contributed by atoms with E-state index in [0.717, 1.165) is 0 Å². The fourth-order valence-electron chi connectivity index (χ4n) is 1.37. The van der Waals surface area contributed by atoms with Gasteiger partial charge in [0.2, 0.25) is 0 Å². The fourth-order valence-corrected chi connectivity index (χ4v) is 1.67. The molecule has 0 spiro atoms. The maximum atomic E-state index is 11.3. The number of hydrogen-bond acceptors (Lipinski definition) is 2. The molecule has 0 saturated heterocycles. The summed E-state index contributed by atoms with van der Waals surface area (Å²) in [6, 6.07) is 4.85. The van der Waals surface area contributed by atoms with Gasteiger partial charge >= 0.3 is 5.97 Å². The summed E-state index contributed by atoms with van der Waals surface area (Å²) in [7, 11) is 3.41. The Labute approximate surface area is 105 Å². The molecule has 16 heavy (non-hydrogen) atoms. The van der Waals surface area contributed by atoms with Crippen molar-refractivity contribution in [3.05, 3.63) is 33.8 Å². The normalized spacial score (nSPS) is 14.9. The van der Waals surface area contributed by atoms with Gasteiger partial charge in [-0.3, -0.25) is 4.90 Å². The largest absolute Gasteiger partial charge is 0.480 e. The summed E-state index contributed by atoms with van der Waals surface area (Å²) >= 11 is 11.7. The van der Waals surface area contributed by atoms with Crippen molar-refractivity contribution in [2.24, 2.45) is 0 Å². The second kappa shape index (κ2) is 4.62. The molecule has 0 saturated carbocycles. The van der Waals surface area contributed by atoms with Crippen molar-refractivity contribution in [3.8, 4) is 0 Å². The van der Waals surface area contributed by atoms with E-state index in [0.29, 0.717) is 15.6 Å². The van der Waals surface area contributed by atoms with Crippen molar-refractivity contribution in [2.75, 3.05) is 14.1 Å². The van der Waals surface area contributed by atoms with Crippen LogP contribution in [0.3, 0.4) is 0 Å². The molecule has 0 amide bonds. The highest BCUT2D eigenvalue weighted by Crippen LogP contribution is 2.31. The van der Waals surface area contributed by atoms with Gasteiger partial charge in [-0.1, -0.05) is 29.3 Å². The summed E-state index contributed by atoms with van der Waals surface area (Å²) in [6.45, 7) is 1.62. The lowest BCUT2D eigenvalue weighted by Gasteiger charge is -2.32. The molecule has 0 aromatic heterocycles. The van der Waals surface area contributed by atoms with E-state index >= 15 is 0 Å². The first-order valence-corrected chi connectivity index (χ1v) is 5.42. The van der Waals surface area contributed by atoms with E-state index in [4.69, 9.17) is 23.2 Å². The van der Waals surface area contributed by atoms with Crippen LogP contribution in [-0.2, 0) is 10.3 Å². The fraction of sp³-hybridized carbons (Fsp3) is 0.364. The zero-order valence-electron chi connectivity index (χ0n) is 9.29. The number of carbonyl (C=O) groups is 1. The Bertz CT molecular complexity index is 420. The molecule has 1 aromatic rings. The van der Waals surface area contributed by atoms with Gasteiger partial charge in [0.25, 0.3) is 0 Å². The molecule has 0 radical (unpaired) electrons. The highest BCUT2D eigenvalue weighted by atomic mass is 35.5. The number of likely N-dealkylation sites (N-methyl/N-ethyl adjacent to an activating group) is 1. The quantitative estimate of drug-likeness (QED) is 0.910. The van der Waals surface area contributed by atoms with E-state index in [9.17, 15) is 9.90 Å². The third-order valence-electron chi connectivity index (χ3n) is 2.79. The third kappa shape index (κ3) is 2.17. The molecule has 0 fully saturated rings. The van der Waals surface area contributed by atoms with Gasteiger partial charge < -0.3 is 5.11 Å². The second-order valence-corrected chi connectivity index (χ2v) is 4.72. The van der Waals surface area contributed by atoms with E-state index in [-0.39, 0.29) is 0 Å². The molecular weight excluding hydrogens is 249 g/mol. The number of halogens is 2. The topological polar surface area (TPSA) is 40.5 Å². The number of benzene rings is 1. The first kappa shape index (κ1) is 13.3. The molecule has 1 N–H and O–H groups in total. The number of carboxylic acid groups (broad SMARTS) is 1. The van der Waals surface area contributed by atoms with Gasteiger partial charge in [-0.25, -0.2) is 4.79 Å². The van der Waals surface area contributed by atoms with Gasteiger partial charge in [0, 0.05) is 0 Å². The van der Waals surface area contributed by atoms with Gasteiger partial charge in [-0.15, -0.1) is 0 Å². The van der Waals surface area contributed by atoms with Crippen LogP contribution in [0.1, 0.15) is 12.5 Å². The zero-order chi connectivity index (χ0) is 12.5. The van der Waals surface area contributed by atoms with Crippen molar-refractivity contribution in [1.82, 2.24) is 4.90 Å². The summed E-state index contributed by atoms with van der Waals surface area (Å²) in [6.07, 6.45) is 0. The monoisotopic (exact) mass is 261 g/mol. The van der Waals surface area contributed by atoms with Crippen LogP contribution < -0.4 is 0 Å². The summed E-state index contributed by atoms with van der Waals surface area (Å²) in [5, 5.41) is 10.1. The number of rotatable bonds is 3. The van der Waals surface area contributed by atoms with Crippen molar-refractivity contribution < 1.29 is 9.90 Å². The second-order valence-electron chi connectivity index (χ2n) is 3.90. The van der Waals surface area contributed by atoms with E-state index in [1.165, 1.54) is 0 Å². The summed E-state index contributed by atoms with van der Waals surface area (Å²) in [4.78, 5) is 13.0. The van der Waals surface area contributed by atoms with E-state index in [2.05, 4.69) is 0 Å². The average Bonchev–Trinajstić information content (AvgIpc) is 2.20. The Hall–Kier alpha value is -0.770. The summed E-state index contributed by atoms with van der Waals surface area (Å²) < 4.78 is 0. The maximum Gasteiger partial charge on any atom is 0.328 e. The Kier molecular flexibility index (Phi) is 3.84. The minimum absolute atomic E-state index is 0.355. The minimum atomic E-state index is -1.12. The molecule has 0 aliphatic carbocycles. The Morgan fingerprint density at radius 3 is 2.25 bits per heavy atom. The zero-order valence-corrected chi connectivity index (χ0v) is 10.8. The highest BCUT2D eigenvalue weighted by molar-refractivity contribution is 6.42. The van der Waals surface area contributed by atoms with Crippen LogP contribution in [0, 0.1) is 0 Å². The SMILES string of the molecule is CN(C)C(C)(C(=O)O)c1ccc(Cl)c(Cl)c1. The molecule has 1 atom stereocenters. The van der Waals surface area contributed by atoms with Gasteiger partial charge in [-0.05, 0) is 38.7 Å². The van der Waals surface area contributed by atoms with Crippen LogP contribution in [0.15, 0.2) is 18.2 Å². The molecule has 0 heterocycles. The van der Waals surface area contributed by atoms with Gasteiger partial charge in [0.15, 0.2) is 0 Å². The van der Waals surface area contributed by atoms with Gasteiger partial charge in [-0.2, -0.15) is 0 Å². The lowest BCUT2D eigenvalue weighted by Crippen LogP contribution is -2.45. The van der Waals surface area contributed by atoms with Crippen molar-refractivity contribution in [1.29, 1.82) is 0 Å². The van der Waals surface area contributed by atoms with Crippen molar-refractivity contribution in [3.63, 3.8) is 0 Å². The van der Waals surface area contributed by atoms with Gasteiger partial charge in [0.1, 0.15) is 5.54 Å². The van der Waals surface area contributed by atoms with Crippen LogP contribution in [-0.4, -0.2) is 30.1 Å². The first-order chi connectivity index (χ1) is 7.30. The first-order valence-electron chi connectivity index (χ1n) is 4.66. The van der Waals surface area contributed by atoms with Crippen LogP contribution in [0.25, 0.3) is 0 Å². The molecule has 0 aliphatic heterocycles. The number of carboxylic acids is 1. The number of aliphatic carboxylic acids is 1. The predicted molar refractivity (Wildman–Crippen MR) is 65.1 cm³/mol. The van der Waals surface area contributed by atoms with Crippen LogP contribution in [0.4, 0.5) is 0 Å². The molecular formula is C11H13Cl2NO2. The molecule has 1 aromatic carbocycles. The van der Waals surface area contributed by atoms with E-state index in [1.807, 2.05) is 0 Å². The van der Waals surface area contributed by atoms with E-state index < -0.39 is 11.5 Å². The smallest absolute Gasteiger partial charge is 0.328 e. The molecule has 1 unspecified atom stereocenters. The third-order valence-corrected chi connectivity index (χ3v) is 3.53. The van der Waals surface area contributed by atoms with Crippen LogP contribution in [0.5, 0.6) is 0 Å². The van der Waals surface area contributed by atoms with E-state index in [1.54, 1.807) is 44.1 Å². The van der Waals surface area contributed by atoms with Crippen molar-refractivity contribution >= 4 is 29.2 Å². The van der Waals surface area contributed by atoms with Gasteiger partial charge in [0.05, 0.1) is 10.0 Å². The maximum absolute atomic E-state index is 11.3. The summed E-state index contributed by atoms with van der Waals surface area (Å²) in [5.74, 6) is -0.934.